The van der Waals surface area contributed by atoms with E-state index in [0.29, 0.717) is 5.57 Å². The fourth-order valence-corrected chi connectivity index (χ4v) is 3.31. The van der Waals surface area contributed by atoms with E-state index in [1.54, 1.807) is 13.0 Å². The lowest BCUT2D eigenvalue weighted by Gasteiger charge is -2.35. The van der Waals surface area contributed by atoms with Crippen molar-refractivity contribution in [1.82, 2.24) is 0 Å². The van der Waals surface area contributed by atoms with Crippen molar-refractivity contribution in [2.24, 2.45) is 5.41 Å². The SMILES string of the molecule is CC(C=O)=C/C=C/C=C(C)/C=C/C=C(C)/C=C/C1=C(C)CC(O)CC1(C)C. The summed E-state index contributed by atoms with van der Waals surface area (Å²) in [5, 5.41) is 9.99. The lowest BCUT2D eigenvalue weighted by Crippen LogP contribution is -2.28. The van der Waals surface area contributed by atoms with E-state index in [-0.39, 0.29) is 11.5 Å². The summed E-state index contributed by atoms with van der Waals surface area (Å²) < 4.78 is 0. The Kier molecular flexibility index (Phi) is 9.17. The molecule has 0 saturated heterocycles. The van der Waals surface area contributed by atoms with Crippen LogP contribution in [0.4, 0.5) is 0 Å². The van der Waals surface area contributed by atoms with Gasteiger partial charge >= 0.3 is 0 Å². The highest BCUT2D eigenvalue weighted by atomic mass is 16.3. The van der Waals surface area contributed by atoms with E-state index in [0.717, 1.165) is 24.7 Å². The minimum Gasteiger partial charge on any atom is -0.393 e. The van der Waals surface area contributed by atoms with Crippen LogP contribution in [0.1, 0.15) is 54.4 Å². The topological polar surface area (TPSA) is 37.3 Å². The van der Waals surface area contributed by atoms with Crippen LogP contribution in [-0.2, 0) is 4.79 Å². The number of carbonyl (C=O) groups is 1. The summed E-state index contributed by atoms with van der Waals surface area (Å²) in [4.78, 5) is 10.5. The van der Waals surface area contributed by atoms with Crippen molar-refractivity contribution in [2.45, 2.75) is 60.5 Å². The zero-order valence-corrected chi connectivity index (χ0v) is 17.6. The largest absolute Gasteiger partial charge is 0.393 e. The molecule has 0 saturated carbocycles. The van der Waals surface area contributed by atoms with Gasteiger partial charge in [-0.15, -0.1) is 0 Å². The summed E-state index contributed by atoms with van der Waals surface area (Å²) in [7, 11) is 0. The van der Waals surface area contributed by atoms with Crippen molar-refractivity contribution in [3.63, 3.8) is 0 Å². The molecule has 0 fully saturated rings. The summed E-state index contributed by atoms with van der Waals surface area (Å²) in [6.45, 7) is 12.4. The summed E-state index contributed by atoms with van der Waals surface area (Å²) in [5.41, 5.74) is 5.65. The second-order valence-electron chi connectivity index (χ2n) is 8.07. The summed E-state index contributed by atoms with van der Waals surface area (Å²) in [5.74, 6) is 0. The number of rotatable bonds is 7. The molecule has 0 spiro atoms. The van der Waals surface area contributed by atoms with Gasteiger partial charge in [0.2, 0.25) is 0 Å². The van der Waals surface area contributed by atoms with Gasteiger partial charge in [0.15, 0.2) is 0 Å². The molecule has 0 bridgehead atoms. The van der Waals surface area contributed by atoms with Gasteiger partial charge in [0.1, 0.15) is 6.29 Å². The van der Waals surface area contributed by atoms with E-state index >= 15 is 0 Å². The third kappa shape index (κ3) is 8.36. The Balaban J connectivity index is 2.74. The van der Waals surface area contributed by atoms with E-state index < -0.39 is 0 Å². The van der Waals surface area contributed by atoms with E-state index in [2.05, 4.69) is 52.0 Å². The van der Waals surface area contributed by atoms with Gasteiger partial charge in [0, 0.05) is 0 Å². The minimum absolute atomic E-state index is 0.0106. The molecule has 1 aliphatic carbocycles. The standard InChI is InChI=1S/C25H34O2/c1-19(10-7-8-11-21(3)18-26)12-9-13-20(2)14-15-24-22(4)16-23(27)17-25(24,5)6/h7-15,18,23,27H,16-17H2,1-6H3/b8-7+,12-9+,15-14+,19-10+,20-13+,21-11?. The zero-order chi connectivity index (χ0) is 20.4. The van der Waals surface area contributed by atoms with Crippen LogP contribution >= 0.6 is 0 Å². The van der Waals surface area contributed by atoms with Gasteiger partial charge in [0.05, 0.1) is 6.10 Å². The fraction of sp³-hybridized carbons (Fsp3) is 0.400. The molecule has 0 radical (unpaired) electrons. The van der Waals surface area contributed by atoms with Crippen LogP contribution < -0.4 is 0 Å². The van der Waals surface area contributed by atoms with Crippen molar-refractivity contribution in [3.8, 4) is 0 Å². The van der Waals surface area contributed by atoms with Gasteiger partial charge in [-0.3, -0.25) is 4.79 Å². The molecule has 0 aromatic heterocycles. The van der Waals surface area contributed by atoms with Crippen molar-refractivity contribution in [1.29, 1.82) is 0 Å². The molecule has 27 heavy (non-hydrogen) atoms. The van der Waals surface area contributed by atoms with Gasteiger partial charge in [-0.25, -0.2) is 0 Å². The Labute approximate surface area is 165 Å². The minimum atomic E-state index is -0.224. The Morgan fingerprint density at radius 3 is 2.11 bits per heavy atom. The van der Waals surface area contributed by atoms with Gasteiger partial charge in [-0.1, -0.05) is 85.3 Å². The van der Waals surface area contributed by atoms with E-state index in [9.17, 15) is 9.90 Å². The summed E-state index contributed by atoms with van der Waals surface area (Å²) >= 11 is 0. The van der Waals surface area contributed by atoms with Crippen LogP contribution in [0.15, 0.2) is 82.5 Å². The lowest BCUT2D eigenvalue weighted by atomic mass is 9.71. The Morgan fingerprint density at radius 1 is 0.963 bits per heavy atom. The monoisotopic (exact) mass is 366 g/mol. The first-order valence-electron chi connectivity index (χ1n) is 9.54. The van der Waals surface area contributed by atoms with Gasteiger partial charge in [0.25, 0.3) is 0 Å². The van der Waals surface area contributed by atoms with E-state index in [1.807, 2.05) is 31.2 Å². The molecule has 2 heteroatoms. The number of hydrogen-bond acceptors (Lipinski definition) is 2. The average Bonchev–Trinajstić information content (AvgIpc) is 2.56. The molecule has 0 aliphatic heterocycles. The maximum atomic E-state index is 10.5. The molecule has 1 unspecified atom stereocenters. The molecule has 2 nitrogen and oxygen atoms in total. The van der Waals surface area contributed by atoms with Crippen LogP contribution in [0.3, 0.4) is 0 Å². The van der Waals surface area contributed by atoms with Crippen molar-refractivity contribution >= 4 is 6.29 Å². The number of carbonyl (C=O) groups excluding carboxylic acids is 1. The van der Waals surface area contributed by atoms with Crippen LogP contribution in [-0.4, -0.2) is 17.5 Å². The predicted molar refractivity (Wildman–Crippen MR) is 116 cm³/mol. The molecular weight excluding hydrogens is 332 g/mol. The molecule has 1 aliphatic rings. The normalized spacial score (nSPS) is 22.5. The number of allylic oxidation sites excluding steroid dienone is 13. The highest BCUT2D eigenvalue weighted by molar-refractivity contribution is 5.72. The molecule has 1 rings (SSSR count). The predicted octanol–water partition coefficient (Wildman–Crippen LogP) is 6.19. The smallest absolute Gasteiger partial charge is 0.145 e. The third-order valence-electron chi connectivity index (χ3n) is 4.72. The van der Waals surface area contributed by atoms with Crippen LogP contribution in [0.25, 0.3) is 0 Å². The molecular formula is C25H34O2. The molecule has 0 aromatic carbocycles. The first-order chi connectivity index (χ1) is 12.7. The second kappa shape index (κ2) is 10.8. The van der Waals surface area contributed by atoms with Crippen molar-refractivity contribution in [3.05, 3.63) is 82.5 Å². The first-order valence-corrected chi connectivity index (χ1v) is 9.54. The lowest BCUT2D eigenvalue weighted by molar-refractivity contribution is -0.104. The quantitative estimate of drug-likeness (QED) is 0.331. The van der Waals surface area contributed by atoms with E-state index in [1.165, 1.54) is 16.7 Å². The fourth-order valence-electron chi connectivity index (χ4n) is 3.31. The number of hydrogen-bond donors (Lipinski definition) is 1. The first kappa shape index (κ1) is 22.9. The van der Waals surface area contributed by atoms with Crippen LogP contribution in [0.2, 0.25) is 0 Å². The van der Waals surface area contributed by atoms with Crippen LogP contribution in [0.5, 0.6) is 0 Å². The number of aldehydes is 1. The molecule has 1 N–H and O–H groups in total. The summed E-state index contributed by atoms with van der Waals surface area (Å²) in [6.07, 6.45) is 20.3. The van der Waals surface area contributed by atoms with Crippen molar-refractivity contribution in [2.75, 3.05) is 0 Å². The average molecular weight is 367 g/mol. The van der Waals surface area contributed by atoms with Gasteiger partial charge in [-0.2, -0.15) is 0 Å². The molecule has 0 heterocycles. The van der Waals surface area contributed by atoms with Crippen LogP contribution in [0, 0.1) is 5.41 Å². The van der Waals surface area contributed by atoms with Gasteiger partial charge in [-0.05, 0) is 57.1 Å². The molecule has 0 amide bonds. The van der Waals surface area contributed by atoms with Crippen molar-refractivity contribution < 1.29 is 9.90 Å². The maximum Gasteiger partial charge on any atom is 0.145 e. The van der Waals surface area contributed by atoms with Gasteiger partial charge < -0.3 is 5.11 Å². The highest BCUT2D eigenvalue weighted by Gasteiger charge is 2.31. The maximum absolute atomic E-state index is 10.5. The summed E-state index contributed by atoms with van der Waals surface area (Å²) in [6, 6.07) is 0. The zero-order valence-electron chi connectivity index (χ0n) is 17.6. The Bertz CT molecular complexity index is 734. The Hall–Kier alpha value is -2.19. The molecule has 0 aromatic rings. The number of aliphatic hydroxyl groups is 1. The molecule has 146 valence electrons. The Morgan fingerprint density at radius 2 is 1.52 bits per heavy atom. The number of aliphatic hydroxyl groups excluding tert-OH is 1. The third-order valence-corrected chi connectivity index (χ3v) is 4.72. The second-order valence-corrected chi connectivity index (χ2v) is 8.07. The molecule has 1 atom stereocenters. The van der Waals surface area contributed by atoms with E-state index in [4.69, 9.17) is 0 Å². The highest BCUT2D eigenvalue weighted by Crippen LogP contribution is 2.40.